The third-order valence-corrected chi connectivity index (χ3v) is 2.48. The van der Waals surface area contributed by atoms with Crippen LogP contribution in [0.25, 0.3) is 0 Å². The zero-order valence-electron chi connectivity index (χ0n) is 9.52. The number of likely N-dealkylation sites (N-methyl/N-ethyl adjacent to an activating group) is 1. The smallest absolute Gasteiger partial charge is 0.253 e. The topological polar surface area (TPSA) is 66.6 Å². The third-order valence-electron chi connectivity index (χ3n) is 2.48. The highest BCUT2D eigenvalue weighted by Gasteiger charge is 2.12. The molecule has 0 radical (unpaired) electrons. The van der Waals surface area contributed by atoms with Crippen molar-refractivity contribution in [1.29, 1.82) is 0 Å². The Balaban J connectivity index is 2.78. The first-order chi connectivity index (χ1) is 7.72. The summed E-state index contributed by atoms with van der Waals surface area (Å²) in [6.07, 6.45) is 0. The first-order valence-electron chi connectivity index (χ1n) is 5.42. The van der Waals surface area contributed by atoms with Crippen LogP contribution in [-0.4, -0.2) is 35.6 Å². The summed E-state index contributed by atoms with van der Waals surface area (Å²) >= 11 is 0. The summed E-state index contributed by atoms with van der Waals surface area (Å²) in [6, 6.07) is 7.23. The van der Waals surface area contributed by atoms with E-state index in [1.807, 2.05) is 19.1 Å². The summed E-state index contributed by atoms with van der Waals surface area (Å²) in [5.74, 6) is -0.0554. The predicted molar refractivity (Wildman–Crippen MR) is 63.0 cm³/mol. The van der Waals surface area contributed by atoms with Gasteiger partial charge < -0.3 is 15.7 Å². The highest BCUT2D eigenvalue weighted by atomic mass is 16.3. The van der Waals surface area contributed by atoms with Gasteiger partial charge in [0.05, 0.1) is 6.61 Å². The number of rotatable bonds is 5. The van der Waals surface area contributed by atoms with E-state index in [4.69, 9.17) is 10.8 Å². The van der Waals surface area contributed by atoms with E-state index in [9.17, 15) is 4.79 Å². The summed E-state index contributed by atoms with van der Waals surface area (Å²) in [5.41, 5.74) is 7.11. The van der Waals surface area contributed by atoms with Gasteiger partial charge in [0.25, 0.3) is 5.91 Å². The Kier molecular flexibility index (Phi) is 4.95. The van der Waals surface area contributed by atoms with Gasteiger partial charge >= 0.3 is 0 Å². The van der Waals surface area contributed by atoms with Gasteiger partial charge in [-0.1, -0.05) is 12.1 Å². The summed E-state index contributed by atoms with van der Waals surface area (Å²) in [7, 11) is 0. The molecule has 0 heterocycles. The number of carbonyl (C=O) groups is 1. The van der Waals surface area contributed by atoms with E-state index in [2.05, 4.69) is 0 Å². The molecule has 0 saturated heterocycles. The molecule has 88 valence electrons. The van der Waals surface area contributed by atoms with Crippen molar-refractivity contribution in [3.8, 4) is 0 Å². The summed E-state index contributed by atoms with van der Waals surface area (Å²) < 4.78 is 0. The monoisotopic (exact) mass is 222 g/mol. The second kappa shape index (κ2) is 6.25. The maximum absolute atomic E-state index is 11.9. The minimum absolute atomic E-state index is 0.0134. The number of hydrogen-bond acceptors (Lipinski definition) is 3. The molecule has 0 atom stereocenters. The number of aliphatic hydroxyl groups excluding tert-OH is 1. The molecule has 4 nitrogen and oxygen atoms in total. The lowest BCUT2D eigenvalue weighted by molar-refractivity contribution is 0.0732. The predicted octanol–water partition coefficient (Wildman–Crippen LogP) is 0.600. The molecule has 0 aliphatic rings. The molecule has 16 heavy (non-hydrogen) atoms. The highest BCUT2D eigenvalue weighted by Crippen LogP contribution is 2.07. The minimum Gasteiger partial charge on any atom is -0.395 e. The van der Waals surface area contributed by atoms with Crippen molar-refractivity contribution in [2.75, 3.05) is 19.7 Å². The van der Waals surface area contributed by atoms with Crippen LogP contribution in [0.3, 0.4) is 0 Å². The van der Waals surface area contributed by atoms with Gasteiger partial charge in [0.15, 0.2) is 0 Å². The number of benzene rings is 1. The molecule has 0 aliphatic heterocycles. The van der Waals surface area contributed by atoms with Crippen LogP contribution in [0.4, 0.5) is 0 Å². The quantitative estimate of drug-likeness (QED) is 0.766. The second-order valence-corrected chi connectivity index (χ2v) is 3.51. The molecule has 1 aromatic rings. The normalized spacial score (nSPS) is 10.2. The summed E-state index contributed by atoms with van der Waals surface area (Å²) in [6.45, 7) is 3.32. The van der Waals surface area contributed by atoms with Gasteiger partial charge in [0.2, 0.25) is 0 Å². The lowest BCUT2D eigenvalue weighted by Gasteiger charge is -2.19. The van der Waals surface area contributed by atoms with Gasteiger partial charge in [-0.3, -0.25) is 4.79 Å². The van der Waals surface area contributed by atoms with Gasteiger partial charge in [-0.15, -0.1) is 0 Å². The van der Waals surface area contributed by atoms with Crippen molar-refractivity contribution in [1.82, 2.24) is 4.90 Å². The first kappa shape index (κ1) is 12.7. The Bertz CT molecular complexity index is 335. The van der Waals surface area contributed by atoms with Crippen LogP contribution in [0.1, 0.15) is 22.8 Å². The molecule has 1 aromatic carbocycles. The van der Waals surface area contributed by atoms with Crippen LogP contribution in [0.2, 0.25) is 0 Å². The van der Waals surface area contributed by atoms with Crippen molar-refractivity contribution >= 4 is 5.91 Å². The van der Waals surface area contributed by atoms with Gasteiger partial charge in [0, 0.05) is 25.2 Å². The molecule has 0 spiro atoms. The van der Waals surface area contributed by atoms with E-state index in [-0.39, 0.29) is 12.5 Å². The van der Waals surface area contributed by atoms with Gasteiger partial charge in [-0.05, 0) is 24.6 Å². The summed E-state index contributed by atoms with van der Waals surface area (Å²) in [5, 5.41) is 8.84. The molecular weight excluding hydrogens is 204 g/mol. The molecule has 1 amide bonds. The van der Waals surface area contributed by atoms with Crippen LogP contribution in [0.5, 0.6) is 0 Å². The molecule has 1 rings (SSSR count). The van der Waals surface area contributed by atoms with Gasteiger partial charge in [-0.25, -0.2) is 0 Å². The van der Waals surface area contributed by atoms with Crippen LogP contribution in [0, 0.1) is 0 Å². The number of hydrogen-bond donors (Lipinski definition) is 2. The maximum atomic E-state index is 11.9. The van der Waals surface area contributed by atoms with E-state index < -0.39 is 0 Å². The zero-order chi connectivity index (χ0) is 12.0. The molecule has 4 heteroatoms. The second-order valence-electron chi connectivity index (χ2n) is 3.51. The Labute approximate surface area is 95.7 Å². The number of aliphatic hydroxyl groups is 1. The van der Waals surface area contributed by atoms with Gasteiger partial charge in [-0.2, -0.15) is 0 Å². The van der Waals surface area contributed by atoms with Crippen LogP contribution < -0.4 is 5.73 Å². The molecule has 0 bridgehead atoms. The SMILES string of the molecule is CCN(CCO)C(=O)c1ccc(CN)cc1. The van der Waals surface area contributed by atoms with E-state index in [1.54, 1.807) is 17.0 Å². The van der Waals surface area contributed by atoms with Crippen molar-refractivity contribution < 1.29 is 9.90 Å². The van der Waals surface area contributed by atoms with Crippen molar-refractivity contribution in [3.05, 3.63) is 35.4 Å². The van der Waals surface area contributed by atoms with Crippen molar-refractivity contribution in [2.24, 2.45) is 5.73 Å². The lowest BCUT2D eigenvalue weighted by Crippen LogP contribution is -2.33. The fourth-order valence-corrected chi connectivity index (χ4v) is 1.49. The average Bonchev–Trinajstić information content (AvgIpc) is 2.35. The largest absolute Gasteiger partial charge is 0.395 e. The van der Waals surface area contributed by atoms with E-state index in [0.717, 1.165) is 5.56 Å². The minimum atomic E-state index is -0.0554. The molecule has 0 aromatic heterocycles. The molecular formula is C12H18N2O2. The van der Waals surface area contributed by atoms with Crippen LogP contribution >= 0.6 is 0 Å². The van der Waals surface area contributed by atoms with Crippen LogP contribution in [-0.2, 0) is 6.54 Å². The Morgan fingerprint density at radius 1 is 1.38 bits per heavy atom. The summed E-state index contributed by atoms with van der Waals surface area (Å²) in [4.78, 5) is 13.6. The number of carbonyl (C=O) groups excluding carboxylic acids is 1. The fraction of sp³-hybridized carbons (Fsp3) is 0.417. The standard InChI is InChI=1S/C12H18N2O2/c1-2-14(7-8-15)12(16)11-5-3-10(9-13)4-6-11/h3-6,15H,2,7-9,13H2,1H3. The lowest BCUT2D eigenvalue weighted by atomic mass is 10.1. The molecule has 3 N–H and O–H groups in total. The van der Waals surface area contributed by atoms with Crippen molar-refractivity contribution in [2.45, 2.75) is 13.5 Å². The van der Waals surface area contributed by atoms with Gasteiger partial charge in [0.1, 0.15) is 0 Å². The number of nitrogens with zero attached hydrogens (tertiary/aromatic N) is 1. The number of nitrogens with two attached hydrogens (primary N) is 1. The Morgan fingerprint density at radius 3 is 2.44 bits per heavy atom. The molecule has 0 saturated carbocycles. The average molecular weight is 222 g/mol. The molecule has 0 aliphatic carbocycles. The highest BCUT2D eigenvalue weighted by molar-refractivity contribution is 5.94. The maximum Gasteiger partial charge on any atom is 0.253 e. The van der Waals surface area contributed by atoms with Crippen molar-refractivity contribution in [3.63, 3.8) is 0 Å². The zero-order valence-corrected chi connectivity index (χ0v) is 9.52. The number of amides is 1. The third kappa shape index (κ3) is 3.05. The Morgan fingerprint density at radius 2 is 2.00 bits per heavy atom. The van der Waals surface area contributed by atoms with E-state index in [1.165, 1.54) is 0 Å². The van der Waals surface area contributed by atoms with Crippen LogP contribution in [0.15, 0.2) is 24.3 Å². The van der Waals surface area contributed by atoms with E-state index >= 15 is 0 Å². The van der Waals surface area contributed by atoms with E-state index in [0.29, 0.717) is 25.2 Å². The first-order valence-corrected chi connectivity index (χ1v) is 5.42. The Hall–Kier alpha value is -1.39. The molecule has 0 fully saturated rings. The fourth-order valence-electron chi connectivity index (χ4n) is 1.49. The molecule has 0 unspecified atom stereocenters.